The first-order chi connectivity index (χ1) is 11.4. The summed E-state index contributed by atoms with van der Waals surface area (Å²) in [5.41, 5.74) is 1.29. The Morgan fingerprint density at radius 3 is 2.29 bits per heavy atom. The Labute approximate surface area is 148 Å². The highest BCUT2D eigenvalue weighted by atomic mass is 79.9. The average Bonchev–Trinajstić information content (AvgIpc) is 2.55. The third kappa shape index (κ3) is 4.30. The van der Waals surface area contributed by atoms with E-state index in [4.69, 9.17) is 0 Å². The highest BCUT2D eigenvalue weighted by Gasteiger charge is 2.31. The first-order valence-electron chi connectivity index (χ1n) is 7.81. The van der Waals surface area contributed by atoms with E-state index in [-0.39, 0.29) is 0 Å². The van der Waals surface area contributed by atoms with Crippen LogP contribution in [0.25, 0.3) is 0 Å². The van der Waals surface area contributed by atoms with Crippen molar-refractivity contribution in [2.45, 2.75) is 12.7 Å². The summed E-state index contributed by atoms with van der Waals surface area (Å²) < 4.78 is 39.6. The lowest BCUT2D eigenvalue weighted by Crippen LogP contribution is -2.46. The summed E-state index contributed by atoms with van der Waals surface area (Å²) in [6, 6.07) is 13.8. The van der Waals surface area contributed by atoms with Crippen molar-refractivity contribution in [2.24, 2.45) is 0 Å². The molecule has 3 rings (SSSR count). The second-order valence-corrected chi connectivity index (χ2v) is 6.86. The van der Waals surface area contributed by atoms with E-state index in [1.807, 2.05) is 17.0 Å². The maximum Gasteiger partial charge on any atom is 0.416 e. The average molecular weight is 399 g/mol. The molecule has 0 N–H and O–H groups in total. The molecule has 0 spiro atoms. The van der Waals surface area contributed by atoms with Crippen LogP contribution in [0.3, 0.4) is 0 Å². The zero-order valence-electron chi connectivity index (χ0n) is 13.1. The van der Waals surface area contributed by atoms with Gasteiger partial charge in [-0.3, -0.25) is 4.90 Å². The van der Waals surface area contributed by atoms with Crippen molar-refractivity contribution in [2.75, 3.05) is 31.1 Å². The van der Waals surface area contributed by atoms with E-state index < -0.39 is 11.7 Å². The molecular weight excluding hydrogens is 381 g/mol. The molecule has 1 aliphatic heterocycles. The Kier molecular flexibility index (Phi) is 5.15. The molecule has 1 fully saturated rings. The summed E-state index contributed by atoms with van der Waals surface area (Å²) in [5, 5.41) is 0. The van der Waals surface area contributed by atoms with Gasteiger partial charge in [-0.2, -0.15) is 13.2 Å². The molecule has 1 heterocycles. The molecule has 0 aromatic heterocycles. The number of nitrogens with zero attached hydrogens (tertiary/aromatic N) is 2. The Morgan fingerprint density at radius 1 is 0.917 bits per heavy atom. The van der Waals surface area contributed by atoms with Gasteiger partial charge in [-0.15, -0.1) is 0 Å². The molecule has 0 saturated carbocycles. The van der Waals surface area contributed by atoms with Crippen LogP contribution in [0.2, 0.25) is 0 Å². The quantitative estimate of drug-likeness (QED) is 0.733. The van der Waals surface area contributed by atoms with Crippen LogP contribution in [0.5, 0.6) is 0 Å². The lowest BCUT2D eigenvalue weighted by atomic mass is 10.1. The van der Waals surface area contributed by atoms with Crippen LogP contribution in [0.1, 0.15) is 11.1 Å². The standard InChI is InChI=1S/C18H18BrF3N2/c19-16-5-1-3-14(11-16)13-23-7-9-24(10-8-23)17-6-2-4-15(12-17)18(20,21)22/h1-6,11-12H,7-10,13H2. The summed E-state index contributed by atoms with van der Waals surface area (Å²) in [6.07, 6.45) is -4.29. The minimum Gasteiger partial charge on any atom is -0.369 e. The highest BCUT2D eigenvalue weighted by molar-refractivity contribution is 9.10. The first kappa shape index (κ1) is 17.3. The largest absolute Gasteiger partial charge is 0.416 e. The lowest BCUT2D eigenvalue weighted by molar-refractivity contribution is -0.137. The number of halogens is 4. The third-order valence-electron chi connectivity index (χ3n) is 4.21. The van der Waals surface area contributed by atoms with Crippen molar-refractivity contribution in [3.8, 4) is 0 Å². The van der Waals surface area contributed by atoms with E-state index in [2.05, 4.69) is 33.0 Å². The summed E-state index contributed by atoms with van der Waals surface area (Å²) in [7, 11) is 0. The number of benzene rings is 2. The SMILES string of the molecule is FC(F)(F)c1cccc(N2CCN(Cc3cccc(Br)c3)CC2)c1. The van der Waals surface area contributed by atoms with Gasteiger partial charge in [0.25, 0.3) is 0 Å². The van der Waals surface area contributed by atoms with Crippen molar-refractivity contribution in [1.82, 2.24) is 4.90 Å². The fourth-order valence-corrected chi connectivity index (χ4v) is 3.38. The topological polar surface area (TPSA) is 6.48 Å². The van der Waals surface area contributed by atoms with Crippen LogP contribution in [0, 0.1) is 0 Å². The molecule has 2 nitrogen and oxygen atoms in total. The molecule has 0 bridgehead atoms. The minimum atomic E-state index is -4.29. The predicted octanol–water partition coefficient (Wildman–Crippen LogP) is 4.79. The molecule has 2 aromatic carbocycles. The van der Waals surface area contributed by atoms with Crippen molar-refractivity contribution >= 4 is 21.6 Å². The number of rotatable bonds is 3. The van der Waals surface area contributed by atoms with Gasteiger partial charge in [0, 0.05) is 42.9 Å². The first-order valence-corrected chi connectivity index (χ1v) is 8.60. The van der Waals surface area contributed by atoms with Crippen LogP contribution >= 0.6 is 15.9 Å². The minimum absolute atomic E-state index is 0.587. The monoisotopic (exact) mass is 398 g/mol. The molecule has 1 saturated heterocycles. The van der Waals surface area contributed by atoms with Gasteiger partial charge in [0.1, 0.15) is 0 Å². The van der Waals surface area contributed by atoms with E-state index in [1.165, 1.54) is 17.7 Å². The van der Waals surface area contributed by atoms with Gasteiger partial charge in [0.05, 0.1) is 5.56 Å². The zero-order valence-corrected chi connectivity index (χ0v) is 14.6. The third-order valence-corrected chi connectivity index (χ3v) is 4.70. The summed E-state index contributed by atoms with van der Waals surface area (Å²) in [4.78, 5) is 4.35. The Bertz CT molecular complexity index is 695. The molecule has 0 aliphatic carbocycles. The van der Waals surface area contributed by atoms with E-state index in [9.17, 15) is 13.2 Å². The molecule has 2 aromatic rings. The molecule has 128 valence electrons. The van der Waals surface area contributed by atoms with E-state index in [0.717, 1.165) is 43.3 Å². The van der Waals surface area contributed by atoms with Gasteiger partial charge in [-0.1, -0.05) is 34.1 Å². The number of alkyl halides is 3. The predicted molar refractivity (Wildman–Crippen MR) is 93.1 cm³/mol. The fourth-order valence-electron chi connectivity index (χ4n) is 2.94. The summed E-state index contributed by atoms with van der Waals surface area (Å²) in [5.74, 6) is 0. The van der Waals surface area contributed by atoms with Gasteiger partial charge in [0.2, 0.25) is 0 Å². The van der Waals surface area contributed by atoms with Crippen molar-refractivity contribution in [3.05, 3.63) is 64.1 Å². The molecule has 24 heavy (non-hydrogen) atoms. The zero-order chi connectivity index (χ0) is 17.2. The highest BCUT2D eigenvalue weighted by Crippen LogP contribution is 2.31. The lowest BCUT2D eigenvalue weighted by Gasteiger charge is -2.36. The fraction of sp³-hybridized carbons (Fsp3) is 0.333. The summed E-state index contributed by atoms with van der Waals surface area (Å²) >= 11 is 3.47. The second-order valence-electron chi connectivity index (χ2n) is 5.94. The molecule has 1 aliphatic rings. The van der Waals surface area contributed by atoms with Crippen molar-refractivity contribution < 1.29 is 13.2 Å². The van der Waals surface area contributed by atoms with Gasteiger partial charge in [0.15, 0.2) is 0 Å². The Morgan fingerprint density at radius 2 is 1.62 bits per heavy atom. The van der Waals surface area contributed by atoms with Crippen LogP contribution in [-0.4, -0.2) is 31.1 Å². The molecule has 0 unspecified atom stereocenters. The number of hydrogen-bond acceptors (Lipinski definition) is 2. The van der Waals surface area contributed by atoms with Gasteiger partial charge in [-0.25, -0.2) is 0 Å². The molecule has 6 heteroatoms. The maximum atomic E-state index is 12.8. The van der Waals surface area contributed by atoms with Crippen LogP contribution < -0.4 is 4.90 Å². The van der Waals surface area contributed by atoms with Gasteiger partial charge in [-0.05, 0) is 35.9 Å². The number of hydrogen-bond donors (Lipinski definition) is 0. The number of piperazine rings is 1. The van der Waals surface area contributed by atoms with E-state index in [1.54, 1.807) is 6.07 Å². The Hall–Kier alpha value is -1.53. The van der Waals surface area contributed by atoms with Gasteiger partial charge < -0.3 is 4.90 Å². The van der Waals surface area contributed by atoms with Crippen LogP contribution in [-0.2, 0) is 12.7 Å². The molecular formula is C18H18BrF3N2. The Balaban J connectivity index is 1.61. The van der Waals surface area contributed by atoms with Crippen molar-refractivity contribution in [3.63, 3.8) is 0 Å². The maximum absolute atomic E-state index is 12.8. The van der Waals surface area contributed by atoms with Crippen LogP contribution in [0.15, 0.2) is 53.0 Å². The van der Waals surface area contributed by atoms with E-state index >= 15 is 0 Å². The molecule has 0 amide bonds. The van der Waals surface area contributed by atoms with Crippen molar-refractivity contribution in [1.29, 1.82) is 0 Å². The molecule has 0 atom stereocenters. The summed E-state index contributed by atoms with van der Waals surface area (Å²) in [6.45, 7) is 3.99. The second kappa shape index (κ2) is 7.15. The smallest absolute Gasteiger partial charge is 0.369 e. The normalized spacial score (nSPS) is 16.4. The number of anilines is 1. The van der Waals surface area contributed by atoms with E-state index in [0.29, 0.717) is 5.69 Å². The van der Waals surface area contributed by atoms with Gasteiger partial charge >= 0.3 is 6.18 Å². The molecule has 0 radical (unpaired) electrons. The van der Waals surface area contributed by atoms with Crippen LogP contribution in [0.4, 0.5) is 18.9 Å².